The van der Waals surface area contributed by atoms with E-state index in [4.69, 9.17) is 35.1 Å². The van der Waals surface area contributed by atoms with Gasteiger partial charge in [0.1, 0.15) is 23.1 Å². The van der Waals surface area contributed by atoms with E-state index in [1.54, 1.807) is 110 Å². The first-order valence-electron chi connectivity index (χ1n) is 44.1. The Morgan fingerprint density at radius 3 is 1.25 bits per heavy atom. The molecule has 150 heavy (non-hydrogen) atoms. The third-order valence-electron chi connectivity index (χ3n) is 22.0. The van der Waals surface area contributed by atoms with Crippen molar-refractivity contribution in [2.75, 3.05) is 65.0 Å². The lowest BCUT2D eigenvalue weighted by molar-refractivity contribution is -0.121. The molecule has 6 amide bonds. The van der Waals surface area contributed by atoms with Gasteiger partial charge < -0.3 is 28.6 Å². The summed E-state index contributed by atoms with van der Waals surface area (Å²) in [5.74, 6) is 58.8. The molecule has 1 fully saturated rings. The molecule has 16 heterocycles. The Labute approximate surface area is 868 Å². The van der Waals surface area contributed by atoms with E-state index >= 15 is 0 Å². The zero-order valence-corrected chi connectivity index (χ0v) is 83.7. The van der Waals surface area contributed by atoms with Crippen LogP contribution in [0.1, 0.15) is 25.3 Å². The number of rotatable bonds is 15. The van der Waals surface area contributed by atoms with Gasteiger partial charge in [-0.25, -0.2) is 54.4 Å². The van der Waals surface area contributed by atoms with Crippen molar-refractivity contribution in [2.24, 2.45) is 0 Å². The number of methoxy groups -OCH3 is 4. The van der Waals surface area contributed by atoms with Gasteiger partial charge in [0.25, 0.3) is 35.4 Å². The average molecular weight is 2080 g/mol. The number of carbonyl (C=O) groups excluding carboxylic acids is 6. The minimum absolute atomic E-state index is 0.0144. The van der Waals surface area contributed by atoms with Crippen LogP contribution in [0.3, 0.4) is 0 Å². The Hall–Kier alpha value is -20.0. The first-order chi connectivity index (χ1) is 73.0. The highest BCUT2D eigenvalue weighted by Gasteiger charge is 2.32. The Bertz CT molecular complexity index is 8950. The van der Waals surface area contributed by atoms with E-state index in [9.17, 15) is 49.8 Å². The molecule has 5 N–H and O–H groups in total. The van der Waals surface area contributed by atoms with Gasteiger partial charge >= 0.3 is 0 Å². The van der Waals surface area contributed by atoms with E-state index in [0.717, 1.165) is 119 Å². The molecule has 0 bridgehead atoms. The summed E-state index contributed by atoms with van der Waals surface area (Å²) in [5, 5.41) is 27.1. The number of nitrogens with one attached hydrogen (secondary N) is 5. The molecule has 9 aromatic heterocycles. The fraction of sp³-hybridized carbons (Fsp3) is 0.120. The summed E-state index contributed by atoms with van der Waals surface area (Å²) < 4.78 is 106. The van der Waals surface area contributed by atoms with Crippen LogP contribution in [0.15, 0.2) is 214 Å². The number of likely N-dealkylation sites (N-methyl/N-ethyl adjacent to an activating group) is 1. The van der Waals surface area contributed by atoms with Crippen LogP contribution in [0.4, 0.5) is 11.6 Å². The first kappa shape index (κ1) is 103. The molecule has 0 aliphatic carbocycles. The molecular weight excluding hydrogens is 2010 g/mol. The number of fused-ring (bicyclic) bond motifs is 6. The molecule has 0 saturated carbocycles. The molecule has 42 heteroatoms. The third kappa shape index (κ3) is 24.2. The molecule has 5 aromatic carbocycles. The van der Waals surface area contributed by atoms with E-state index in [2.05, 4.69) is 217 Å². The van der Waals surface area contributed by atoms with Crippen LogP contribution < -0.4 is 52.4 Å². The molecule has 37 nitrogen and oxygen atoms in total. The van der Waals surface area contributed by atoms with Crippen molar-refractivity contribution in [3.63, 3.8) is 0 Å². The minimum Gasteiger partial charge on any atom is -0.497 e. The highest BCUT2D eigenvalue weighted by Crippen LogP contribution is 2.40. The highest BCUT2D eigenvalue weighted by molar-refractivity contribution is 7.94. The second-order valence-corrected chi connectivity index (χ2v) is 37.0. The summed E-state index contributed by atoms with van der Waals surface area (Å²) in [5.41, 5.74) is 12.1. The van der Waals surface area contributed by atoms with Gasteiger partial charge in [-0.1, -0.05) is 24.1 Å². The number of anilines is 2. The van der Waals surface area contributed by atoms with Crippen molar-refractivity contribution in [2.45, 2.75) is 32.7 Å². The van der Waals surface area contributed by atoms with Crippen LogP contribution in [0.2, 0.25) is 0 Å². The van der Waals surface area contributed by atoms with Gasteiger partial charge in [-0.05, 0) is 246 Å². The van der Waals surface area contributed by atoms with Crippen LogP contribution in [-0.2, 0) is 88.4 Å². The standard InChI is InChI=1S/C25H4.C21H21N5O3S.C18H13N5O4S.2C16H12N4O3S.C12H11N3O3S/c1-3-5-7-9-11-13-15-17-19-21-23-25-24-22-20-18-16-14-12-10-8-6-4-2;1-29-13-17-3-2-8-25(17)19-7-5-15(11-22-19)14-4-6-18-16(9-14)12-23-26(18)21-10-20(27)24-30(21)28;1-22-16(25)9-27-14-5-11(7-19-18(14)22)10-2-3-13-12(4-10)8-20-23(13)17-6-15(24)21-28(17)26;1-23-14-7-11(10-2-4-17-5-3-10)6-13-12(14)9-18-20(13)16-8-15(21)19-24(16)22;1-23-14-6-11(10-3-2-4-17-8-10)5-13-12(14)9-18-20(13)16-7-15(21)19-24(16)22;1-7-3-8(18-2)4-10-9(7)6-13-15(10)12-5-11(16)14-19(12)17/h1H,2H3;4-7,9-12,17H,2-3,8,13H2,1H3,(H,24,27);2-8H,9H2,1H3,(H,21,24);2*2-9H,1H3,(H,19,21);3-6H,1-2H3,(H,14,16). The molecular formula is C108H73N21O16S5. The monoisotopic (exact) mass is 2080 g/mol. The van der Waals surface area contributed by atoms with Gasteiger partial charge in [-0.15, -0.1) is 6.42 Å². The maximum absolute atomic E-state index is 12.1. The van der Waals surface area contributed by atoms with Gasteiger partial charge in [0.15, 0.2) is 98.2 Å². The Balaban J connectivity index is 0.000000129. The summed E-state index contributed by atoms with van der Waals surface area (Å²) in [7, 11) is 0.117. The van der Waals surface area contributed by atoms with Crippen molar-refractivity contribution in [1.29, 1.82) is 0 Å². The third-order valence-corrected chi connectivity index (χ3v) is 27.3. The van der Waals surface area contributed by atoms with Crippen LogP contribution in [0, 0.1) is 150 Å². The topological polar surface area (TPSA) is 441 Å². The molecule has 14 aromatic rings. The Morgan fingerprint density at radius 1 is 0.407 bits per heavy atom. The normalized spacial score (nSPS) is 16.2. The van der Waals surface area contributed by atoms with Gasteiger partial charge in [0.05, 0.1) is 103 Å². The van der Waals surface area contributed by atoms with Crippen molar-refractivity contribution < 1.29 is 73.5 Å². The predicted octanol–water partition coefficient (Wildman–Crippen LogP) is 8.37. The predicted molar refractivity (Wildman–Crippen MR) is 570 cm³/mol. The lowest BCUT2D eigenvalue weighted by Gasteiger charge is -2.25. The summed E-state index contributed by atoms with van der Waals surface area (Å²) in [6, 6.07) is 36.8. The number of aromatic nitrogens is 14. The lowest BCUT2D eigenvalue weighted by atomic mass is 10.0. The highest BCUT2D eigenvalue weighted by atomic mass is 32.2. The summed E-state index contributed by atoms with van der Waals surface area (Å²) in [4.78, 5) is 89.7. The number of ether oxygens (including phenoxy) is 5. The molecule has 1 saturated heterocycles. The Morgan fingerprint density at radius 2 is 0.827 bits per heavy atom. The van der Waals surface area contributed by atoms with E-state index in [1.807, 2.05) is 110 Å². The second kappa shape index (κ2) is 48.4. The van der Waals surface area contributed by atoms with Gasteiger partial charge in [0, 0.05) is 163 Å². The second-order valence-electron chi connectivity index (χ2n) is 31.2. The lowest BCUT2D eigenvalue weighted by Crippen LogP contribution is -2.36. The number of aryl methyl sites for hydroxylation is 1. The molecule has 736 valence electrons. The molecule has 0 spiro atoms. The van der Waals surface area contributed by atoms with Gasteiger partial charge in [0.2, 0.25) is 0 Å². The largest absolute Gasteiger partial charge is 0.497 e. The van der Waals surface area contributed by atoms with Crippen LogP contribution in [-0.4, -0.2) is 187 Å². The van der Waals surface area contributed by atoms with Crippen molar-refractivity contribution >= 4 is 182 Å². The summed E-state index contributed by atoms with van der Waals surface area (Å²) in [6.07, 6.45) is 32.4. The van der Waals surface area contributed by atoms with Gasteiger partial charge in [-0.3, -0.25) is 67.2 Å². The number of pyridine rings is 4. The first-order valence-corrected chi connectivity index (χ1v) is 49.9. The van der Waals surface area contributed by atoms with E-state index < -0.39 is 72.6 Å². The van der Waals surface area contributed by atoms with E-state index in [1.165, 1.54) is 58.7 Å². The van der Waals surface area contributed by atoms with Crippen LogP contribution in [0.25, 0.3) is 124 Å². The zero-order valence-electron chi connectivity index (χ0n) is 79.6. The average Bonchev–Trinajstić information content (AvgIpc) is 1.58. The fourth-order valence-corrected chi connectivity index (χ4v) is 19.6. The van der Waals surface area contributed by atoms with Crippen LogP contribution in [0.5, 0.6) is 23.0 Å². The quantitative estimate of drug-likeness (QED) is 0.0601. The zero-order chi connectivity index (χ0) is 105. The smallest absolute Gasteiger partial charge is 0.265 e. The number of amides is 6. The maximum Gasteiger partial charge on any atom is 0.265 e. The number of carbonyl (C=O) groups is 6. The van der Waals surface area contributed by atoms with Gasteiger partial charge in [-0.2, -0.15) is 25.5 Å². The number of nitrogens with zero attached hydrogens (tertiary/aromatic N) is 16. The molecule has 6 atom stereocenters. The number of hydrogen-bond donors (Lipinski definition) is 5. The maximum atomic E-state index is 12.1. The number of hydrogen-bond acceptors (Lipinski definition) is 26. The van der Waals surface area contributed by atoms with Crippen molar-refractivity contribution in [3.8, 4) is 210 Å². The van der Waals surface area contributed by atoms with E-state index in [-0.39, 0.29) is 24.3 Å². The number of benzene rings is 5. The van der Waals surface area contributed by atoms with Crippen LogP contribution >= 0.6 is 0 Å². The molecule has 7 aliphatic rings. The number of terminal acetylenes is 1. The van der Waals surface area contributed by atoms with Crippen molar-refractivity contribution in [1.82, 2.24) is 92.4 Å². The molecule has 21 rings (SSSR count). The molecule has 0 radical (unpaired) electrons. The fourth-order valence-electron chi connectivity index (χ4n) is 15.2. The minimum atomic E-state index is -1.63. The molecule has 7 aliphatic heterocycles. The van der Waals surface area contributed by atoms with E-state index in [0.29, 0.717) is 77.6 Å². The SMILES string of the molecule is C#CC#CC#CC#CC#CC#CC#CC#CC#CC#CC#CC#CC.CN1C(=O)COc2cc(-c3ccc4c(cnn4C4=CC(=O)NS4=O)c3)cnc21.COCC1CCCN1c1ccc(-c2ccc3c(cnn3C3=CC(=O)NS3=O)c2)cn1.COc1cc(-c2cccnc2)cc2c1cnn2C1=CC(=O)NS1=O.COc1cc(-c2ccncc2)cc2c1cnn2C1=CC(=O)NS1=O.COc1cc(C)c2cnn(C3=CC(=O)NS3=O)c2c1. The Kier molecular flexibility index (Phi) is 33.2. The molecule has 6 unspecified atom stereocenters. The summed E-state index contributed by atoms with van der Waals surface area (Å²) in [6.45, 7) is 5.34. The summed E-state index contributed by atoms with van der Waals surface area (Å²) >= 11 is 0. The van der Waals surface area contributed by atoms with Crippen molar-refractivity contribution in [3.05, 3.63) is 219 Å².